The van der Waals surface area contributed by atoms with Crippen LogP contribution in [0.2, 0.25) is 0 Å². The fourth-order valence-electron chi connectivity index (χ4n) is 1.68. The molecule has 1 amide bonds. The Hall–Kier alpha value is -1.61. The maximum atomic E-state index is 11.6. The van der Waals surface area contributed by atoms with E-state index in [9.17, 15) is 9.90 Å². The second-order valence-electron chi connectivity index (χ2n) is 3.68. The second kappa shape index (κ2) is 3.87. The summed E-state index contributed by atoms with van der Waals surface area (Å²) in [5, 5.41) is 9.62. The van der Waals surface area contributed by atoms with Gasteiger partial charge in [-0.25, -0.2) is 0 Å². The summed E-state index contributed by atoms with van der Waals surface area (Å²) in [6, 6.07) is 9.64. The van der Waals surface area contributed by atoms with Crippen LogP contribution in [0.15, 0.2) is 42.0 Å². The molecule has 3 heteroatoms. The molecule has 0 aliphatic carbocycles. The summed E-state index contributed by atoms with van der Waals surface area (Å²) in [5.74, 6) is -0.0913. The van der Waals surface area contributed by atoms with Crippen molar-refractivity contribution < 1.29 is 9.90 Å². The van der Waals surface area contributed by atoms with Crippen molar-refractivity contribution in [2.75, 3.05) is 0 Å². The quantitative estimate of drug-likeness (QED) is 0.787. The Morgan fingerprint density at radius 2 is 2.00 bits per heavy atom. The van der Waals surface area contributed by atoms with Crippen molar-refractivity contribution in [3.63, 3.8) is 0 Å². The number of hydrogen-bond acceptors (Lipinski definition) is 2. The van der Waals surface area contributed by atoms with E-state index >= 15 is 0 Å². The molecule has 1 N–H and O–H groups in total. The molecule has 0 saturated carbocycles. The van der Waals surface area contributed by atoms with Crippen molar-refractivity contribution in [3.8, 4) is 0 Å². The molecule has 15 heavy (non-hydrogen) atoms. The van der Waals surface area contributed by atoms with Crippen LogP contribution in [0, 0.1) is 0 Å². The minimum Gasteiger partial charge on any atom is -0.370 e. The predicted molar refractivity (Wildman–Crippen MR) is 56.8 cm³/mol. The van der Waals surface area contributed by atoms with Crippen molar-refractivity contribution in [2.45, 2.75) is 19.7 Å². The van der Waals surface area contributed by atoms with Crippen LogP contribution in [-0.2, 0) is 11.3 Å². The molecule has 1 atom stereocenters. The van der Waals surface area contributed by atoms with Gasteiger partial charge in [-0.2, -0.15) is 0 Å². The van der Waals surface area contributed by atoms with E-state index in [4.69, 9.17) is 0 Å². The van der Waals surface area contributed by atoms with E-state index in [1.54, 1.807) is 13.0 Å². The molecule has 0 fully saturated rings. The Balaban J connectivity index is 2.12. The highest BCUT2D eigenvalue weighted by atomic mass is 16.3. The Kier molecular flexibility index (Phi) is 2.56. The zero-order valence-electron chi connectivity index (χ0n) is 8.55. The standard InChI is InChI=1S/C12H13NO2/c1-9-7-11(14)13(12(9)15)8-10-5-3-2-4-6-10/h2-7,11,14H,8H2,1H3. The zero-order valence-corrected chi connectivity index (χ0v) is 8.55. The summed E-state index contributed by atoms with van der Waals surface area (Å²) >= 11 is 0. The molecular weight excluding hydrogens is 190 g/mol. The van der Waals surface area contributed by atoms with Crippen LogP contribution in [0.25, 0.3) is 0 Å². The second-order valence-corrected chi connectivity index (χ2v) is 3.68. The third-order valence-corrected chi connectivity index (χ3v) is 2.51. The van der Waals surface area contributed by atoms with Gasteiger partial charge in [0.1, 0.15) is 6.23 Å². The topological polar surface area (TPSA) is 40.5 Å². The van der Waals surface area contributed by atoms with Crippen molar-refractivity contribution >= 4 is 5.91 Å². The number of aliphatic hydroxyl groups excluding tert-OH is 1. The molecular formula is C12H13NO2. The van der Waals surface area contributed by atoms with Gasteiger partial charge in [-0.15, -0.1) is 0 Å². The number of aliphatic hydroxyl groups is 1. The number of amides is 1. The summed E-state index contributed by atoms with van der Waals surface area (Å²) in [4.78, 5) is 13.1. The smallest absolute Gasteiger partial charge is 0.251 e. The molecule has 78 valence electrons. The van der Waals surface area contributed by atoms with E-state index < -0.39 is 6.23 Å². The van der Waals surface area contributed by atoms with E-state index in [-0.39, 0.29) is 5.91 Å². The largest absolute Gasteiger partial charge is 0.370 e. The van der Waals surface area contributed by atoms with Gasteiger partial charge in [0.2, 0.25) is 0 Å². The summed E-state index contributed by atoms with van der Waals surface area (Å²) in [6.45, 7) is 2.17. The summed E-state index contributed by atoms with van der Waals surface area (Å²) in [6.07, 6.45) is 0.795. The fraction of sp³-hybridized carbons (Fsp3) is 0.250. The minimum absolute atomic E-state index is 0.0913. The highest BCUT2D eigenvalue weighted by Gasteiger charge is 2.27. The first-order chi connectivity index (χ1) is 7.18. The van der Waals surface area contributed by atoms with Crippen LogP contribution in [0.5, 0.6) is 0 Å². The number of hydrogen-bond donors (Lipinski definition) is 1. The molecule has 1 unspecified atom stereocenters. The van der Waals surface area contributed by atoms with Gasteiger partial charge in [-0.1, -0.05) is 30.3 Å². The molecule has 0 aromatic heterocycles. The van der Waals surface area contributed by atoms with E-state index in [0.29, 0.717) is 12.1 Å². The maximum absolute atomic E-state index is 11.6. The first kappa shape index (κ1) is 9.93. The first-order valence-corrected chi connectivity index (χ1v) is 4.90. The first-order valence-electron chi connectivity index (χ1n) is 4.90. The minimum atomic E-state index is -0.780. The van der Waals surface area contributed by atoms with Crippen LogP contribution in [0.1, 0.15) is 12.5 Å². The molecule has 0 radical (unpaired) electrons. The van der Waals surface area contributed by atoms with Crippen LogP contribution >= 0.6 is 0 Å². The van der Waals surface area contributed by atoms with Crippen LogP contribution in [0.3, 0.4) is 0 Å². The normalized spacial score (nSPS) is 20.7. The third kappa shape index (κ3) is 1.92. The predicted octanol–water partition coefficient (Wildman–Crippen LogP) is 1.29. The van der Waals surface area contributed by atoms with Gasteiger partial charge < -0.3 is 10.0 Å². The number of nitrogens with zero attached hydrogens (tertiary/aromatic N) is 1. The van der Waals surface area contributed by atoms with Gasteiger partial charge in [0.05, 0.1) is 0 Å². The zero-order chi connectivity index (χ0) is 10.8. The molecule has 2 rings (SSSR count). The monoisotopic (exact) mass is 203 g/mol. The van der Waals surface area contributed by atoms with Gasteiger partial charge in [-0.05, 0) is 18.6 Å². The van der Waals surface area contributed by atoms with Crippen molar-refractivity contribution in [2.24, 2.45) is 0 Å². The molecule has 1 aromatic carbocycles. The lowest BCUT2D eigenvalue weighted by atomic mass is 10.2. The Morgan fingerprint density at radius 1 is 1.33 bits per heavy atom. The van der Waals surface area contributed by atoms with Crippen molar-refractivity contribution in [3.05, 3.63) is 47.5 Å². The van der Waals surface area contributed by atoms with Crippen LogP contribution in [0.4, 0.5) is 0 Å². The van der Waals surface area contributed by atoms with Crippen molar-refractivity contribution in [1.82, 2.24) is 4.90 Å². The average molecular weight is 203 g/mol. The van der Waals surface area contributed by atoms with E-state index in [2.05, 4.69) is 0 Å². The van der Waals surface area contributed by atoms with Gasteiger partial charge in [0.25, 0.3) is 5.91 Å². The number of carbonyl (C=O) groups excluding carboxylic acids is 1. The lowest BCUT2D eigenvalue weighted by molar-refractivity contribution is -0.132. The SMILES string of the molecule is CC1=CC(O)N(Cc2ccccc2)C1=O. The average Bonchev–Trinajstić information content (AvgIpc) is 2.47. The molecule has 1 aliphatic heterocycles. The number of carbonyl (C=O) groups is 1. The Labute approximate surface area is 88.6 Å². The molecule has 0 saturated heterocycles. The molecule has 0 spiro atoms. The summed E-state index contributed by atoms with van der Waals surface area (Å²) < 4.78 is 0. The Morgan fingerprint density at radius 3 is 2.53 bits per heavy atom. The summed E-state index contributed by atoms with van der Waals surface area (Å²) in [7, 11) is 0. The Bertz CT molecular complexity index is 397. The van der Waals surface area contributed by atoms with Gasteiger partial charge in [0, 0.05) is 12.1 Å². The molecule has 3 nitrogen and oxygen atoms in total. The number of benzene rings is 1. The van der Waals surface area contributed by atoms with Gasteiger partial charge in [-0.3, -0.25) is 4.79 Å². The molecule has 1 aliphatic rings. The van der Waals surface area contributed by atoms with Gasteiger partial charge in [0.15, 0.2) is 0 Å². The lowest BCUT2D eigenvalue weighted by Gasteiger charge is -2.20. The molecule has 1 aromatic rings. The van der Waals surface area contributed by atoms with Crippen molar-refractivity contribution in [1.29, 1.82) is 0 Å². The highest BCUT2D eigenvalue weighted by molar-refractivity contribution is 5.95. The van der Waals surface area contributed by atoms with E-state index in [1.807, 2.05) is 30.3 Å². The van der Waals surface area contributed by atoms with Crippen LogP contribution < -0.4 is 0 Å². The molecule has 1 heterocycles. The summed E-state index contributed by atoms with van der Waals surface area (Å²) in [5.41, 5.74) is 1.63. The maximum Gasteiger partial charge on any atom is 0.251 e. The lowest BCUT2D eigenvalue weighted by Crippen LogP contribution is -2.33. The van der Waals surface area contributed by atoms with Gasteiger partial charge >= 0.3 is 0 Å². The fourth-order valence-corrected chi connectivity index (χ4v) is 1.68. The van der Waals surface area contributed by atoms with E-state index in [0.717, 1.165) is 5.56 Å². The highest BCUT2D eigenvalue weighted by Crippen LogP contribution is 2.18. The van der Waals surface area contributed by atoms with Crippen LogP contribution in [-0.4, -0.2) is 22.1 Å². The number of rotatable bonds is 2. The molecule has 0 bridgehead atoms. The third-order valence-electron chi connectivity index (χ3n) is 2.51. The van der Waals surface area contributed by atoms with E-state index in [1.165, 1.54) is 4.90 Å².